The fourth-order valence-electron chi connectivity index (χ4n) is 2.74. The molecule has 20 heavy (non-hydrogen) atoms. The summed E-state index contributed by atoms with van der Waals surface area (Å²) < 4.78 is 41.1. The second kappa shape index (κ2) is 6.20. The van der Waals surface area contributed by atoms with Crippen LogP contribution in [0.1, 0.15) is 30.4 Å². The summed E-state index contributed by atoms with van der Waals surface area (Å²) in [5, 5.41) is 3.25. The van der Waals surface area contributed by atoms with Crippen LogP contribution in [0.4, 0.5) is 4.39 Å². The molecule has 1 atom stereocenters. The van der Waals surface area contributed by atoms with Crippen molar-refractivity contribution < 1.29 is 12.8 Å². The van der Waals surface area contributed by atoms with Crippen LogP contribution >= 0.6 is 0 Å². The Bertz CT molecular complexity index is 556. The molecular formula is C14H21FN2O2S. The molecule has 0 radical (unpaired) electrons. The van der Waals surface area contributed by atoms with Gasteiger partial charge in [0.15, 0.2) is 0 Å². The Hall–Kier alpha value is -0.980. The van der Waals surface area contributed by atoms with Crippen molar-refractivity contribution in [2.45, 2.75) is 44.0 Å². The van der Waals surface area contributed by atoms with Crippen LogP contribution in [-0.2, 0) is 10.0 Å². The van der Waals surface area contributed by atoms with Gasteiger partial charge in [0.1, 0.15) is 5.82 Å². The average molecular weight is 300 g/mol. The quantitative estimate of drug-likeness (QED) is 0.896. The van der Waals surface area contributed by atoms with Crippen molar-refractivity contribution >= 4 is 10.0 Å². The van der Waals surface area contributed by atoms with Crippen LogP contribution in [0.2, 0.25) is 0 Å². The van der Waals surface area contributed by atoms with Crippen molar-refractivity contribution in [1.82, 2.24) is 10.0 Å². The number of sulfonamides is 1. The number of rotatable bonds is 3. The molecule has 0 amide bonds. The second-order valence-corrected chi connectivity index (χ2v) is 7.02. The summed E-state index contributed by atoms with van der Waals surface area (Å²) in [5.41, 5.74) is 0.892. The van der Waals surface area contributed by atoms with Crippen LogP contribution < -0.4 is 10.0 Å². The second-order valence-electron chi connectivity index (χ2n) is 5.37. The van der Waals surface area contributed by atoms with E-state index in [2.05, 4.69) is 10.0 Å². The number of hydrogen-bond acceptors (Lipinski definition) is 3. The molecule has 1 aromatic rings. The van der Waals surface area contributed by atoms with Crippen LogP contribution in [0.15, 0.2) is 17.0 Å². The van der Waals surface area contributed by atoms with Crippen molar-refractivity contribution in [3.8, 4) is 0 Å². The zero-order chi connectivity index (χ0) is 14.8. The van der Waals surface area contributed by atoms with Crippen molar-refractivity contribution in [3.63, 3.8) is 0 Å². The fraction of sp³-hybridized carbons (Fsp3) is 0.571. The van der Waals surface area contributed by atoms with E-state index in [-0.39, 0.29) is 10.9 Å². The standard InChI is InChI=1S/C14H21FN2O2S/c1-10-8-12(15)9-11(2)14(10)20(18,19)17-13-4-3-6-16-7-5-13/h8-9,13,16-17H,3-7H2,1-2H3. The Labute approximate surface area is 119 Å². The first-order valence-electron chi connectivity index (χ1n) is 6.90. The molecular weight excluding hydrogens is 279 g/mol. The van der Waals surface area contributed by atoms with E-state index in [9.17, 15) is 12.8 Å². The predicted molar refractivity (Wildman–Crippen MR) is 76.7 cm³/mol. The maximum Gasteiger partial charge on any atom is 0.241 e. The number of nitrogens with one attached hydrogen (secondary N) is 2. The zero-order valence-electron chi connectivity index (χ0n) is 11.9. The molecule has 0 spiro atoms. The van der Waals surface area contributed by atoms with Crippen LogP contribution in [0.25, 0.3) is 0 Å². The minimum Gasteiger partial charge on any atom is -0.317 e. The summed E-state index contributed by atoms with van der Waals surface area (Å²) >= 11 is 0. The number of benzene rings is 1. The molecule has 2 rings (SSSR count). The number of halogens is 1. The number of aryl methyl sites for hydroxylation is 2. The summed E-state index contributed by atoms with van der Waals surface area (Å²) in [4.78, 5) is 0.205. The van der Waals surface area contributed by atoms with E-state index < -0.39 is 15.8 Å². The lowest BCUT2D eigenvalue weighted by atomic mass is 10.1. The highest BCUT2D eigenvalue weighted by Crippen LogP contribution is 2.22. The summed E-state index contributed by atoms with van der Waals surface area (Å²) in [6, 6.07) is 2.46. The van der Waals surface area contributed by atoms with Gasteiger partial charge >= 0.3 is 0 Å². The molecule has 1 unspecified atom stereocenters. The molecule has 0 aromatic heterocycles. The molecule has 1 fully saturated rings. The summed E-state index contributed by atoms with van der Waals surface area (Å²) in [7, 11) is -3.60. The Morgan fingerprint density at radius 2 is 1.85 bits per heavy atom. The first-order chi connectivity index (χ1) is 9.40. The SMILES string of the molecule is Cc1cc(F)cc(C)c1S(=O)(=O)NC1CCCNCC1. The van der Waals surface area contributed by atoms with E-state index >= 15 is 0 Å². The molecule has 1 heterocycles. The smallest absolute Gasteiger partial charge is 0.241 e. The van der Waals surface area contributed by atoms with Gasteiger partial charge in [-0.05, 0) is 69.5 Å². The van der Waals surface area contributed by atoms with Crippen molar-refractivity contribution in [3.05, 3.63) is 29.1 Å². The maximum atomic E-state index is 13.3. The monoisotopic (exact) mass is 300 g/mol. The molecule has 1 aliphatic rings. The summed E-state index contributed by atoms with van der Waals surface area (Å²) in [6.45, 7) is 4.99. The Morgan fingerprint density at radius 3 is 2.50 bits per heavy atom. The van der Waals surface area contributed by atoms with Gasteiger partial charge < -0.3 is 5.32 Å². The molecule has 0 bridgehead atoms. The molecule has 112 valence electrons. The van der Waals surface area contributed by atoms with Crippen LogP contribution in [-0.4, -0.2) is 27.5 Å². The van der Waals surface area contributed by atoms with Crippen molar-refractivity contribution in [1.29, 1.82) is 0 Å². The Kier molecular flexibility index (Phi) is 4.78. The average Bonchev–Trinajstić information content (AvgIpc) is 2.54. The highest BCUT2D eigenvalue weighted by molar-refractivity contribution is 7.89. The molecule has 4 nitrogen and oxygen atoms in total. The summed E-state index contributed by atoms with van der Waals surface area (Å²) in [5.74, 6) is -0.405. The molecule has 1 aromatic carbocycles. The predicted octanol–water partition coefficient (Wildman–Crippen LogP) is 1.86. The first kappa shape index (κ1) is 15.4. The molecule has 1 saturated heterocycles. The third-order valence-electron chi connectivity index (χ3n) is 3.59. The van der Waals surface area contributed by atoms with E-state index in [0.717, 1.165) is 32.4 Å². The zero-order valence-corrected chi connectivity index (χ0v) is 12.7. The van der Waals surface area contributed by atoms with Crippen LogP contribution in [0.3, 0.4) is 0 Å². The number of hydrogen-bond donors (Lipinski definition) is 2. The molecule has 0 saturated carbocycles. The van der Waals surface area contributed by atoms with Crippen molar-refractivity contribution in [2.75, 3.05) is 13.1 Å². The van der Waals surface area contributed by atoms with E-state index in [1.54, 1.807) is 13.8 Å². The van der Waals surface area contributed by atoms with Gasteiger partial charge in [0.2, 0.25) is 10.0 Å². The van der Waals surface area contributed by atoms with Gasteiger partial charge in [-0.25, -0.2) is 17.5 Å². The molecule has 0 aliphatic carbocycles. The highest BCUT2D eigenvalue weighted by atomic mass is 32.2. The lowest BCUT2D eigenvalue weighted by Crippen LogP contribution is -2.36. The largest absolute Gasteiger partial charge is 0.317 e. The van der Waals surface area contributed by atoms with Gasteiger partial charge in [-0.1, -0.05) is 0 Å². The summed E-state index contributed by atoms with van der Waals surface area (Å²) in [6.07, 6.45) is 2.55. The Morgan fingerprint density at radius 1 is 1.20 bits per heavy atom. The molecule has 1 aliphatic heterocycles. The highest BCUT2D eigenvalue weighted by Gasteiger charge is 2.24. The normalized spacial score (nSPS) is 20.6. The molecule has 2 N–H and O–H groups in total. The van der Waals surface area contributed by atoms with Gasteiger partial charge in [-0.2, -0.15) is 0 Å². The lowest BCUT2D eigenvalue weighted by molar-refractivity contribution is 0.517. The van der Waals surface area contributed by atoms with Gasteiger partial charge in [0, 0.05) is 6.04 Å². The minimum atomic E-state index is -3.60. The lowest BCUT2D eigenvalue weighted by Gasteiger charge is -2.18. The van der Waals surface area contributed by atoms with Crippen molar-refractivity contribution in [2.24, 2.45) is 0 Å². The van der Waals surface area contributed by atoms with E-state index in [0.29, 0.717) is 11.1 Å². The van der Waals surface area contributed by atoms with E-state index in [4.69, 9.17) is 0 Å². The van der Waals surface area contributed by atoms with E-state index in [1.165, 1.54) is 12.1 Å². The van der Waals surface area contributed by atoms with Gasteiger partial charge in [-0.15, -0.1) is 0 Å². The third-order valence-corrected chi connectivity index (χ3v) is 5.42. The van der Waals surface area contributed by atoms with Gasteiger partial charge in [0.25, 0.3) is 0 Å². The minimum absolute atomic E-state index is 0.0566. The fourth-order valence-corrected chi connectivity index (χ4v) is 4.49. The third kappa shape index (κ3) is 3.56. The topological polar surface area (TPSA) is 58.2 Å². The van der Waals surface area contributed by atoms with Gasteiger partial charge in [-0.3, -0.25) is 0 Å². The van der Waals surface area contributed by atoms with E-state index in [1.807, 2.05) is 0 Å². The van der Waals surface area contributed by atoms with Crippen LogP contribution in [0, 0.1) is 19.7 Å². The van der Waals surface area contributed by atoms with Gasteiger partial charge in [0.05, 0.1) is 4.90 Å². The Balaban J connectivity index is 2.26. The molecule has 6 heteroatoms. The van der Waals surface area contributed by atoms with Crippen LogP contribution in [0.5, 0.6) is 0 Å². The maximum absolute atomic E-state index is 13.3. The first-order valence-corrected chi connectivity index (χ1v) is 8.38.